The van der Waals surface area contributed by atoms with Gasteiger partial charge in [-0.05, 0) is 18.1 Å². The number of nitrogens with zero attached hydrogens (tertiary/aromatic N) is 2. The number of H-pyrrole nitrogens is 3. The number of nitrogens with one attached hydrogen (secondary N) is 3. The first-order valence-corrected chi connectivity index (χ1v) is 6.61. The van der Waals surface area contributed by atoms with E-state index in [0.717, 1.165) is 0 Å². The molecule has 0 radical (unpaired) electrons. The number of fused-ring (bicyclic) bond motifs is 1. The third kappa shape index (κ3) is 2.06. The number of aromatic amines is 3. The molecule has 0 aliphatic carbocycles. The smallest absolute Gasteiger partial charge is 0.278 e. The van der Waals surface area contributed by atoms with Gasteiger partial charge in [-0.25, -0.2) is 0 Å². The van der Waals surface area contributed by atoms with E-state index in [4.69, 9.17) is 23.8 Å². The summed E-state index contributed by atoms with van der Waals surface area (Å²) in [7, 11) is 0. The lowest BCUT2D eigenvalue weighted by Gasteiger charge is -2.14. The topological polar surface area (TPSA) is 97.6 Å². The van der Waals surface area contributed by atoms with Gasteiger partial charge in [-0.2, -0.15) is 4.98 Å². The van der Waals surface area contributed by atoms with Gasteiger partial charge in [0.1, 0.15) is 5.52 Å². The van der Waals surface area contributed by atoms with Crippen LogP contribution in [0.2, 0.25) is 0 Å². The number of amides is 1. The normalized spacial score (nSPS) is 19.5. The van der Waals surface area contributed by atoms with E-state index in [0.29, 0.717) is 29.3 Å². The number of aromatic nitrogens is 4. The van der Waals surface area contributed by atoms with Crippen LogP contribution in [0.4, 0.5) is 5.95 Å². The van der Waals surface area contributed by atoms with E-state index in [1.807, 2.05) is 0 Å². The van der Waals surface area contributed by atoms with Crippen LogP contribution in [-0.2, 0) is 4.79 Å². The van der Waals surface area contributed by atoms with Crippen LogP contribution in [0.5, 0.6) is 0 Å². The summed E-state index contributed by atoms with van der Waals surface area (Å²) in [4.78, 5) is 37.4. The lowest BCUT2D eigenvalue weighted by molar-refractivity contribution is -0.117. The molecule has 2 aromatic rings. The Morgan fingerprint density at radius 3 is 2.84 bits per heavy atom. The van der Waals surface area contributed by atoms with Gasteiger partial charge in [-0.15, -0.1) is 11.6 Å². The highest BCUT2D eigenvalue weighted by Gasteiger charge is 2.31. The summed E-state index contributed by atoms with van der Waals surface area (Å²) >= 11 is 10.7. The minimum Gasteiger partial charge on any atom is -0.325 e. The number of alkyl halides is 1. The van der Waals surface area contributed by atoms with Crippen LogP contribution in [0.3, 0.4) is 0 Å². The molecule has 9 heteroatoms. The Bertz CT molecular complexity index is 763. The SMILES string of the molecule is O=C1CC(CCl)CN1c1nc2[nH]c(=S)[nH]c2c(=O)[nH]1. The number of hydrogen-bond donors (Lipinski definition) is 3. The first-order chi connectivity index (χ1) is 9.08. The van der Waals surface area contributed by atoms with Gasteiger partial charge in [0.05, 0.1) is 0 Å². The molecule has 1 saturated heterocycles. The molecular formula is C10H10ClN5O2S. The molecule has 0 bridgehead atoms. The predicted molar refractivity (Wildman–Crippen MR) is 73.1 cm³/mol. The summed E-state index contributed by atoms with van der Waals surface area (Å²) in [5.74, 6) is 0.615. The van der Waals surface area contributed by atoms with Crippen molar-refractivity contribution in [3.63, 3.8) is 0 Å². The largest absolute Gasteiger partial charge is 0.325 e. The Hall–Kier alpha value is -1.67. The van der Waals surface area contributed by atoms with Gasteiger partial charge in [0.25, 0.3) is 5.56 Å². The molecule has 2 aromatic heterocycles. The van der Waals surface area contributed by atoms with E-state index in [1.165, 1.54) is 4.90 Å². The molecule has 3 heterocycles. The highest BCUT2D eigenvalue weighted by Crippen LogP contribution is 2.22. The second kappa shape index (κ2) is 4.46. The highest BCUT2D eigenvalue weighted by atomic mass is 35.5. The molecular weight excluding hydrogens is 290 g/mol. The maximum atomic E-state index is 11.9. The fourth-order valence-electron chi connectivity index (χ4n) is 2.14. The number of halogens is 1. The minimum absolute atomic E-state index is 0.0832. The van der Waals surface area contributed by atoms with Crippen molar-refractivity contribution in [3.8, 4) is 0 Å². The molecule has 7 nitrogen and oxygen atoms in total. The fourth-order valence-corrected chi connectivity index (χ4v) is 2.54. The van der Waals surface area contributed by atoms with Crippen molar-refractivity contribution in [3.05, 3.63) is 15.1 Å². The summed E-state index contributed by atoms with van der Waals surface area (Å²) < 4.78 is 0.316. The Labute approximate surface area is 117 Å². The van der Waals surface area contributed by atoms with E-state index in [9.17, 15) is 9.59 Å². The number of hydrogen-bond acceptors (Lipinski definition) is 4. The van der Waals surface area contributed by atoms with E-state index in [2.05, 4.69) is 19.9 Å². The summed E-state index contributed by atoms with van der Waals surface area (Å²) in [6.45, 7) is 0.460. The molecule has 19 heavy (non-hydrogen) atoms. The second-order valence-electron chi connectivity index (χ2n) is 4.42. The molecule has 1 aliphatic heterocycles. The van der Waals surface area contributed by atoms with Crippen molar-refractivity contribution in [2.24, 2.45) is 5.92 Å². The molecule has 100 valence electrons. The zero-order valence-electron chi connectivity index (χ0n) is 9.70. The number of rotatable bonds is 2. The van der Waals surface area contributed by atoms with E-state index >= 15 is 0 Å². The number of carbonyl (C=O) groups excluding carboxylic acids is 1. The van der Waals surface area contributed by atoms with Gasteiger partial charge in [-0.3, -0.25) is 19.5 Å². The zero-order chi connectivity index (χ0) is 13.6. The van der Waals surface area contributed by atoms with Crippen LogP contribution >= 0.6 is 23.8 Å². The fraction of sp³-hybridized carbons (Fsp3) is 0.400. The lowest BCUT2D eigenvalue weighted by Crippen LogP contribution is -2.29. The van der Waals surface area contributed by atoms with Crippen LogP contribution in [0.25, 0.3) is 11.2 Å². The monoisotopic (exact) mass is 299 g/mol. The molecule has 1 fully saturated rings. The van der Waals surface area contributed by atoms with Crippen molar-refractivity contribution in [1.82, 2.24) is 19.9 Å². The molecule has 0 aromatic carbocycles. The first-order valence-electron chi connectivity index (χ1n) is 5.67. The zero-order valence-corrected chi connectivity index (χ0v) is 11.3. The minimum atomic E-state index is -0.366. The van der Waals surface area contributed by atoms with E-state index < -0.39 is 0 Å². The van der Waals surface area contributed by atoms with Gasteiger partial charge < -0.3 is 9.97 Å². The molecule has 1 aliphatic rings. The third-order valence-electron chi connectivity index (χ3n) is 3.06. The van der Waals surface area contributed by atoms with Crippen molar-refractivity contribution in [2.45, 2.75) is 6.42 Å². The molecule has 1 atom stereocenters. The van der Waals surface area contributed by atoms with Crippen LogP contribution in [-0.4, -0.2) is 38.3 Å². The predicted octanol–water partition coefficient (Wildman–Crippen LogP) is 0.900. The first kappa shape index (κ1) is 12.4. The van der Waals surface area contributed by atoms with Gasteiger partial charge in [0.15, 0.2) is 10.4 Å². The molecule has 1 unspecified atom stereocenters. The van der Waals surface area contributed by atoms with Crippen LogP contribution < -0.4 is 10.5 Å². The van der Waals surface area contributed by atoms with Crippen molar-refractivity contribution >= 4 is 46.8 Å². The molecule has 0 saturated carbocycles. The molecule has 3 rings (SSSR count). The number of carbonyl (C=O) groups is 1. The maximum Gasteiger partial charge on any atom is 0.278 e. The van der Waals surface area contributed by atoms with Gasteiger partial charge in [0, 0.05) is 18.8 Å². The van der Waals surface area contributed by atoms with Crippen LogP contribution in [0, 0.1) is 10.7 Å². The Kier molecular flexibility index (Phi) is 2.90. The second-order valence-corrected chi connectivity index (χ2v) is 5.14. The van der Waals surface area contributed by atoms with Crippen molar-refractivity contribution < 1.29 is 4.79 Å². The number of imidazole rings is 1. The van der Waals surface area contributed by atoms with Crippen LogP contribution in [0.1, 0.15) is 6.42 Å². The maximum absolute atomic E-state index is 11.9. The van der Waals surface area contributed by atoms with E-state index in [-0.39, 0.29) is 28.8 Å². The van der Waals surface area contributed by atoms with Gasteiger partial charge in [0.2, 0.25) is 11.9 Å². The highest BCUT2D eigenvalue weighted by molar-refractivity contribution is 7.71. The van der Waals surface area contributed by atoms with Crippen molar-refractivity contribution in [2.75, 3.05) is 17.3 Å². The Morgan fingerprint density at radius 1 is 1.37 bits per heavy atom. The van der Waals surface area contributed by atoms with Crippen molar-refractivity contribution in [1.29, 1.82) is 0 Å². The third-order valence-corrected chi connectivity index (χ3v) is 3.70. The Morgan fingerprint density at radius 2 is 2.16 bits per heavy atom. The summed E-state index contributed by atoms with van der Waals surface area (Å²) in [6.07, 6.45) is 0.369. The standard InChI is InChI=1S/C10H10ClN5O2S/c11-2-4-1-5(17)16(3-4)9-13-7-6(8(18)15-9)12-10(19)14-7/h4H,1-3H2,(H3,12,13,14,15,18,19). The van der Waals surface area contributed by atoms with E-state index in [1.54, 1.807) is 0 Å². The van der Waals surface area contributed by atoms with Gasteiger partial charge in [-0.1, -0.05) is 0 Å². The Balaban J connectivity index is 2.08. The average Bonchev–Trinajstić information content (AvgIpc) is 2.91. The lowest BCUT2D eigenvalue weighted by atomic mass is 10.2. The van der Waals surface area contributed by atoms with Gasteiger partial charge >= 0.3 is 0 Å². The summed E-state index contributed by atoms with van der Waals surface area (Å²) in [5.41, 5.74) is 0.245. The summed E-state index contributed by atoms with van der Waals surface area (Å²) in [5, 5.41) is 0. The molecule has 1 amide bonds. The van der Waals surface area contributed by atoms with Crippen LogP contribution in [0.15, 0.2) is 4.79 Å². The average molecular weight is 300 g/mol. The molecule has 0 spiro atoms. The number of anilines is 1. The molecule has 3 N–H and O–H groups in total. The quantitative estimate of drug-likeness (QED) is 0.567. The summed E-state index contributed by atoms with van der Waals surface area (Å²) in [6, 6.07) is 0.